The first kappa shape index (κ1) is 14.8. The van der Waals surface area contributed by atoms with Crippen LogP contribution >= 0.6 is 0 Å². The Morgan fingerprint density at radius 1 is 1.30 bits per heavy atom. The van der Waals surface area contributed by atoms with Crippen molar-refractivity contribution < 1.29 is 17.9 Å². The second-order valence-corrected chi connectivity index (χ2v) is 6.31. The molecular formula is C13H18N2O4S. The Morgan fingerprint density at radius 3 is 2.45 bits per heavy atom. The van der Waals surface area contributed by atoms with Crippen molar-refractivity contribution >= 4 is 15.9 Å². The minimum Gasteiger partial charge on any atom is -0.494 e. The van der Waals surface area contributed by atoms with Crippen LogP contribution in [0, 0.1) is 5.92 Å². The van der Waals surface area contributed by atoms with Crippen LogP contribution in [0.2, 0.25) is 0 Å². The molecule has 1 aromatic carbocycles. The summed E-state index contributed by atoms with van der Waals surface area (Å²) in [6.45, 7) is 2.37. The van der Waals surface area contributed by atoms with E-state index in [1.807, 2.05) is 6.92 Å². The van der Waals surface area contributed by atoms with Gasteiger partial charge in [0.2, 0.25) is 5.91 Å². The largest absolute Gasteiger partial charge is 0.494 e. The second-order valence-electron chi connectivity index (χ2n) is 4.63. The molecule has 0 radical (unpaired) electrons. The number of hydrazine groups is 1. The van der Waals surface area contributed by atoms with Crippen LogP contribution < -0.4 is 15.0 Å². The summed E-state index contributed by atoms with van der Waals surface area (Å²) in [7, 11) is -3.74. The van der Waals surface area contributed by atoms with Crippen LogP contribution in [0.5, 0.6) is 5.75 Å². The summed E-state index contributed by atoms with van der Waals surface area (Å²) in [5, 5.41) is 0. The van der Waals surface area contributed by atoms with Gasteiger partial charge in [0.25, 0.3) is 10.0 Å². The Labute approximate surface area is 118 Å². The summed E-state index contributed by atoms with van der Waals surface area (Å²) < 4.78 is 29.2. The van der Waals surface area contributed by atoms with Gasteiger partial charge in [0.15, 0.2) is 0 Å². The molecule has 1 aliphatic carbocycles. The lowest BCUT2D eigenvalue weighted by molar-refractivity contribution is -0.127. The summed E-state index contributed by atoms with van der Waals surface area (Å²) >= 11 is 0. The van der Waals surface area contributed by atoms with Crippen molar-refractivity contribution in [1.82, 2.24) is 10.3 Å². The molecule has 0 heterocycles. The van der Waals surface area contributed by atoms with Gasteiger partial charge in [-0.25, -0.2) is 8.42 Å². The van der Waals surface area contributed by atoms with E-state index in [2.05, 4.69) is 10.3 Å². The molecule has 1 fully saturated rings. The molecule has 7 heteroatoms. The SMILES string of the molecule is CCOc1ccc(S(=O)(=O)NNC(=O)C2CCC2)cc1. The third-order valence-electron chi connectivity index (χ3n) is 3.23. The normalized spacial score (nSPS) is 15.4. The van der Waals surface area contributed by atoms with Gasteiger partial charge in [-0.05, 0) is 44.0 Å². The van der Waals surface area contributed by atoms with E-state index in [4.69, 9.17) is 4.74 Å². The van der Waals surface area contributed by atoms with Gasteiger partial charge in [-0.2, -0.15) is 0 Å². The van der Waals surface area contributed by atoms with E-state index in [1.165, 1.54) is 12.1 Å². The summed E-state index contributed by atoms with van der Waals surface area (Å²) in [6, 6.07) is 6.02. The Morgan fingerprint density at radius 2 is 1.95 bits per heavy atom. The Bertz CT molecular complexity index is 565. The third-order valence-corrected chi connectivity index (χ3v) is 4.49. The summed E-state index contributed by atoms with van der Waals surface area (Å²) in [4.78, 5) is 13.8. The van der Waals surface area contributed by atoms with Crippen molar-refractivity contribution in [2.24, 2.45) is 5.92 Å². The number of nitrogens with one attached hydrogen (secondary N) is 2. The van der Waals surface area contributed by atoms with E-state index >= 15 is 0 Å². The highest BCUT2D eigenvalue weighted by Gasteiger charge is 2.26. The Balaban J connectivity index is 1.96. The summed E-state index contributed by atoms with van der Waals surface area (Å²) in [6.07, 6.45) is 2.65. The van der Waals surface area contributed by atoms with Gasteiger partial charge in [-0.1, -0.05) is 6.42 Å². The van der Waals surface area contributed by atoms with Crippen LogP contribution in [0.15, 0.2) is 29.2 Å². The van der Waals surface area contributed by atoms with E-state index in [1.54, 1.807) is 12.1 Å². The lowest BCUT2D eigenvalue weighted by atomic mass is 9.85. The van der Waals surface area contributed by atoms with E-state index < -0.39 is 10.0 Å². The Hall–Kier alpha value is -1.60. The van der Waals surface area contributed by atoms with Gasteiger partial charge >= 0.3 is 0 Å². The highest BCUT2D eigenvalue weighted by atomic mass is 32.2. The number of hydrogen-bond donors (Lipinski definition) is 2. The molecule has 2 N–H and O–H groups in total. The molecule has 2 rings (SSSR count). The quantitative estimate of drug-likeness (QED) is 0.773. The zero-order chi connectivity index (χ0) is 14.6. The molecule has 1 aromatic rings. The number of carbonyl (C=O) groups excluding carboxylic acids is 1. The summed E-state index contributed by atoms with van der Waals surface area (Å²) in [5.74, 6) is 0.258. The molecule has 1 aliphatic rings. The van der Waals surface area contributed by atoms with Crippen molar-refractivity contribution in [3.05, 3.63) is 24.3 Å². The maximum atomic E-state index is 12.0. The molecule has 20 heavy (non-hydrogen) atoms. The topological polar surface area (TPSA) is 84.5 Å². The minimum absolute atomic E-state index is 0.0713. The van der Waals surface area contributed by atoms with Crippen molar-refractivity contribution in [3.8, 4) is 5.75 Å². The molecule has 0 aliphatic heterocycles. The lowest BCUT2D eigenvalue weighted by Gasteiger charge is -2.23. The molecule has 0 aromatic heterocycles. The van der Waals surface area contributed by atoms with E-state index in [-0.39, 0.29) is 16.7 Å². The number of rotatable bonds is 6. The number of sulfonamides is 1. The average Bonchev–Trinajstić information content (AvgIpc) is 2.36. The monoisotopic (exact) mass is 298 g/mol. The fourth-order valence-electron chi connectivity index (χ4n) is 1.83. The molecule has 0 unspecified atom stereocenters. The van der Waals surface area contributed by atoms with Crippen molar-refractivity contribution in [2.45, 2.75) is 31.1 Å². The number of carbonyl (C=O) groups is 1. The minimum atomic E-state index is -3.74. The van der Waals surface area contributed by atoms with Crippen LogP contribution in [0.1, 0.15) is 26.2 Å². The van der Waals surface area contributed by atoms with Crippen LogP contribution in [0.25, 0.3) is 0 Å². The van der Waals surface area contributed by atoms with Gasteiger partial charge in [-0.15, -0.1) is 4.83 Å². The first-order valence-corrected chi connectivity index (χ1v) is 8.06. The molecule has 1 amide bonds. The lowest BCUT2D eigenvalue weighted by Crippen LogP contribution is -2.45. The van der Waals surface area contributed by atoms with Crippen LogP contribution in [-0.2, 0) is 14.8 Å². The maximum Gasteiger partial charge on any atom is 0.257 e. The zero-order valence-electron chi connectivity index (χ0n) is 11.3. The molecular weight excluding hydrogens is 280 g/mol. The van der Waals surface area contributed by atoms with Gasteiger partial charge in [-0.3, -0.25) is 10.2 Å². The fraction of sp³-hybridized carbons (Fsp3) is 0.462. The van der Waals surface area contributed by atoms with Gasteiger partial charge < -0.3 is 4.74 Å². The van der Waals surface area contributed by atoms with Gasteiger partial charge in [0.1, 0.15) is 5.75 Å². The highest BCUT2D eigenvalue weighted by Crippen LogP contribution is 2.26. The molecule has 0 spiro atoms. The van der Waals surface area contributed by atoms with Crippen LogP contribution in [0.3, 0.4) is 0 Å². The number of ether oxygens (including phenoxy) is 1. The first-order chi connectivity index (χ1) is 9.53. The predicted octanol–water partition coefficient (Wildman–Crippen LogP) is 1.19. The van der Waals surface area contributed by atoms with Crippen molar-refractivity contribution in [3.63, 3.8) is 0 Å². The van der Waals surface area contributed by atoms with Crippen molar-refractivity contribution in [2.75, 3.05) is 6.61 Å². The van der Waals surface area contributed by atoms with Crippen molar-refractivity contribution in [1.29, 1.82) is 0 Å². The number of benzene rings is 1. The Kier molecular flexibility index (Phi) is 4.61. The zero-order valence-corrected chi connectivity index (χ0v) is 12.1. The summed E-state index contributed by atoms with van der Waals surface area (Å²) in [5.41, 5.74) is 2.25. The first-order valence-electron chi connectivity index (χ1n) is 6.57. The van der Waals surface area contributed by atoms with Crippen LogP contribution in [-0.4, -0.2) is 20.9 Å². The molecule has 6 nitrogen and oxygen atoms in total. The van der Waals surface area contributed by atoms with Gasteiger partial charge in [0.05, 0.1) is 11.5 Å². The fourth-order valence-corrected chi connectivity index (χ4v) is 2.68. The average molecular weight is 298 g/mol. The molecule has 1 saturated carbocycles. The molecule has 110 valence electrons. The third kappa shape index (κ3) is 3.49. The van der Waals surface area contributed by atoms with Crippen LogP contribution in [0.4, 0.5) is 0 Å². The standard InChI is InChI=1S/C13H18N2O4S/c1-2-19-11-6-8-12(9-7-11)20(17,18)15-14-13(16)10-4-3-5-10/h6-10,15H,2-5H2,1H3,(H,14,16). The smallest absolute Gasteiger partial charge is 0.257 e. The highest BCUT2D eigenvalue weighted by molar-refractivity contribution is 7.89. The number of hydrogen-bond acceptors (Lipinski definition) is 4. The van der Waals surface area contributed by atoms with E-state index in [0.717, 1.165) is 19.3 Å². The number of amides is 1. The van der Waals surface area contributed by atoms with Gasteiger partial charge in [0, 0.05) is 5.92 Å². The maximum absolute atomic E-state index is 12.0. The van der Waals surface area contributed by atoms with E-state index in [9.17, 15) is 13.2 Å². The molecule has 0 bridgehead atoms. The molecule has 0 atom stereocenters. The van der Waals surface area contributed by atoms with E-state index in [0.29, 0.717) is 12.4 Å². The molecule has 0 saturated heterocycles. The predicted molar refractivity (Wildman–Crippen MR) is 73.4 cm³/mol. The second kappa shape index (κ2) is 6.23.